The number of nitrogens with two attached hydrogens (primary N) is 2. The summed E-state index contributed by atoms with van der Waals surface area (Å²) in [6.45, 7) is 8.37. The zero-order chi connectivity index (χ0) is 25.6. The Morgan fingerprint density at radius 3 is 2.54 bits per heavy atom. The van der Waals surface area contributed by atoms with Gasteiger partial charge >= 0.3 is 13.1 Å². The molecule has 0 unspecified atom stereocenters. The molecule has 12 heteroatoms. The van der Waals surface area contributed by atoms with Gasteiger partial charge < -0.3 is 25.9 Å². The first kappa shape index (κ1) is 25.9. The van der Waals surface area contributed by atoms with Crippen LogP contribution in [0.2, 0.25) is 6.32 Å². The molecule has 6 N–H and O–H groups in total. The Labute approximate surface area is 209 Å². The van der Waals surface area contributed by atoms with Gasteiger partial charge in [-0.2, -0.15) is 17.4 Å². The predicted octanol–water partition coefficient (Wildman–Crippen LogP) is 0.923. The van der Waals surface area contributed by atoms with Crippen LogP contribution in [0.4, 0.5) is 0 Å². The van der Waals surface area contributed by atoms with Crippen molar-refractivity contribution in [2.75, 3.05) is 13.1 Å². The molecule has 2 saturated heterocycles. The van der Waals surface area contributed by atoms with Gasteiger partial charge in [-0.15, -0.1) is 0 Å². The van der Waals surface area contributed by atoms with Crippen LogP contribution in [0.3, 0.4) is 0 Å². The Hall–Kier alpha value is -0.755. The Balaban J connectivity index is 1.18. The van der Waals surface area contributed by atoms with Gasteiger partial charge in [0.1, 0.15) is 5.54 Å². The van der Waals surface area contributed by atoms with E-state index < -0.39 is 39.2 Å². The molecule has 0 radical (unpaired) electrons. The molecule has 6 rings (SSSR count). The fourth-order valence-electron chi connectivity index (χ4n) is 7.27. The van der Waals surface area contributed by atoms with Crippen LogP contribution in [-0.4, -0.2) is 72.8 Å². The van der Waals surface area contributed by atoms with Gasteiger partial charge in [-0.05, 0) is 69.5 Å². The van der Waals surface area contributed by atoms with E-state index in [1.165, 1.54) is 10.7 Å². The number of aliphatic carboxylic acids is 1. The molecular weight excluding hydrogens is 471 g/mol. The number of carboxylic acids is 1. The number of rotatable bonds is 9. The lowest BCUT2D eigenvalue weighted by Gasteiger charge is -2.64. The average Bonchev–Trinajstić information content (AvgIpc) is 3.27. The molecule has 6 aliphatic rings. The van der Waals surface area contributed by atoms with E-state index in [9.17, 15) is 18.3 Å². The maximum atomic E-state index is 13.0. The molecule has 7 atom stereocenters. The van der Waals surface area contributed by atoms with Gasteiger partial charge in [-0.3, -0.25) is 4.79 Å². The van der Waals surface area contributed by atoms with Crippen LogP contribution in [0, 0.1) is 23.2 Å². The van der Waals surface area contributed by atoms with Gasteiger partial charge in [0.25, 0.3) is 10.2 Å². The summed E-state index contributed by atoms with van der Waals surface area (Å²) in [5.41, 5.74) is 10.3. The molecule has 0 aromatic heterocycles. The first-order valence-electron chi connectivity index (χ1n) is 13.0. The quantitative estimate of drug-likeness (QED) is 0.332. The molecule has 4 saturated carbocycles. The summed E-state index contributed by atoms with van der Waals surface area (Å²) in [6, 6.07) is -0.429. The SMILES string of the molecule is C[C@H](NS(=O)(=O)N1C[C@H](CCCB2O[C@H]3C[C@H]4C[C@H](C4(C)C)[C@@]3(C)O2)[C@](N)(C(=O)O)C1)C1(N)CC1. The second-order valence-electron chi connectivity index (χ2n) is 12.7. The molecule has 0 amide bonds. The summed E-state index contributed by atoms with van der Waals surface area (Å²) in [4.78, 5) is 12.1. The van der Waals surface area contributed by atoms with Crippen LogP contribution in [-0.2, 0) is 24.3 Å². The van der Waals surface area contributed by atoms with Crippen molar-refractivity contribution in [3.63, 3.8) is 0 Å². The third-order valence-electron chi connectivity index (χ3n) is 10.3. The van der Waals surface area contributed by atoms with Crippen molar-refractivity contribution in [2.45, 2.75) is 101 Å². The third kappa shape index (κ3) is 4.07. The minimum atomic E-state index is -3.91. The number of carbonyl (C=O) groups is 1. The van der Waals surface area contributed by atoms with Gasteiger partial charge in [0.15, 0.2) is 0 Å². The van der Waals surface area contributed by atoms with E-state index in [4.69, 9.17) is 20.8 Å². The highest BCUT2D eigenvalue weighted by Crippen LogP contribution is 2.65. The number of carboxylic acid groups (broad SMARTS) is 1. The fraction of sp³-hybridized carbons (Fsp3) is 0.957. The van der Waals surface area contributed by atoms with Crippen molar-refractivity contribution in [3.8, 4) is 0 Å². The van der Waals surface area contributed by atoms with E-state index in [0.29, 0.717) is 31.0 Å². The first-order valence-corrected chi connectivity index (χ1v) is 14.5. The molecule has 35 heavy (non-hydrogen) atoms. The maximum absolute atomic E-state index is 13.0. The second kappa shape index (κ2) is 8.12. The molecule has 10 nitrogen and oxygen atoms in total. The highest BCUT2D eigenvalue weighted by atomic mass is 32.2. The predicted molar refractivity (Wildman–Crippen MR) is 131 cm³/mol. The summed E-state index contributed by atoms with van der Waals surface area (Å²) < 4.78 is 42.5. The minimum Gasteiger partial charge on any atom is -0.480 e. The molecule has 0 aromatic carbocycles. The smallest absolute Gasteiger partial charge is 0.457 e. The summed E-state index contributed by atoms with van der Waals surface area (Å²) >= 11 is 0. The Morgan fingerprint density at radius 1 is 1.26 bits per heavy atom. The van der Waals surface area contributed by atoms with Gasteiger partial charge in [-0.25, -0.2) is 0 Å². The van der Waals surface area contributed by atoms with Gasteiger partial charge in [0, 0.05) is 30.6 Å². The maximum Gasteiger partial charge on any atom is 0.457 e. The lowest BCUT2D eigenvalue weighted by molar-refractivity contribution is -0.199. The zero-order valence-corrected chi connectivity index (χ0v) is 22.1. The summed E-state index contributed by atoms with van der Waals surface area (Å²) in [5, 5.41) is 9.88. The van der Waals surface area contributed by atoms with E-state index in [1.54, 1.807) is 6.92 Å². The molecule has 6 fully saturated rings. The summed E-state index contributed by atoms with van der Waals surface area (Å²) in [7, 11) is -4.22. The second-order valence-corrected chi connectivity index (χ2v) is 14.4. The summed E-state index contributed by atoms with van der Waals surface area (Å²) in [6.07, 6.45) is 5.60. The van der Waals surface area contributed by atoms with Crippen LogP contribution in [0.25, 0.3) is 0 Å². The van der Waals surface area contributed by atoms with Gasteiger partial charge in [0.2, 0.25) is 0 Å². The van der Waals surface area contributed by atoms with Crippen molar-refractivity contribution in [1.29, 1.82) is 0 Å². The van der Waals surface area contributed by atoms with Crippen LogP contribution in [0.1, 0.15) is 66.2 Å². The highest BCUT2D eigenvalue weighted by Gasteiger charge is 2.67. The van der Waals surface area contributed by atoms with Crippen LogP contribution >= 0.6 is 0 Å². The normalized spacial score (nSPS) is 42.4. The Morgan fingerprint density at radius 2 is 1.94 bits per heavy atom. The van der Waals surface area contributed by atoms with E-state index in [1.807, 2.05) is 0 Å². The zero-order valence-electron chi connectivity index (χ0n) is 21.3. The molecule has 0 spiro atoms. The van der Waals surface area contributed by atoms with Crippen LogP contribution in [0.5, 0.6) is 0 Å². The number of nitrogens with zero attached hydrogens (tertiary/aromatic N) is 1. The van der Waals surface area contributed by atoms with E-state index in [-0.39, 0.29) is 37.3 Å². The Bertz CT molecular complexity index is 992. The van der Waals surface area contributed by atoms with Crippen molar-refractivity contribution < 1.29 is 27.6 Å². The van der Waals surface area contributed by atoms with Crippen molar-refractivity contribution in [2.24, 2.45) is 34.6 Å². The minimum absolute atomic E-state index is 0.0626. The van der Waals surface area contributed by atoms with E-state index >= 15 is 0 Å². The molecule has 0 aromatic rings. The topological polar surface area (TPSA) is 157 Å². The number of hydrogen-bond donors (Lipinski definition) is 4. The summed E-state index contributed by atoms with van der Waals surface area (Å²) in [5.74, 6) is -0.525. The van der Waals surface area contributed by atoms with Crippen molar-refractivity contribution in [3.05, 3.63) is 0 Å². The molecule has 2 heterocycles. The van der Waals surface area contributed by atoms with E-state index in [0.717, 1.165) is 19.3 Å². The molecule has 4 aliphatic carbocycles. The molecule has 2 aliphatic heterocycles. The lowest BCUT2D eigenvalue weighted by Crippen LogP contribution is -2.65. The van der Waals surface area contributed by atoms with Crippen LogP contribution in [0.15, 0.2) is 0 Å². The van der Waals surface area contributed by atoms with Crippen molar-refractivity contribution in [1.82, 2.24) is 9.03 Å². The van der Waals surface area contributed by atoms with E-state index in [2.05, 4.69) is 25.5 Å². The molecule has 2 bridgehead atoms. The Kier molecular flexibility index (Phi) is 6.00. The first-order chi connectivity index (χ1) is 16.1. The highest BCUT2D eigenvalue weighted by molar-refractivity contribution is 7.87. The fourth-order valence-corrected chi connectivity index (χ4v) is 8.86. The standard InChI is InChI=1S/C23H41BN4O6S/c1-14(22(25)7-8-22)27-35(31,32)28-12-15(23(26,13-28)19(29)30)6-5-9-24-33-18-11-16-10-17(20(16,2)3)21(18,4)34-24/h14-18,27H,5-13,25-26H2,1-4H3,(H,29,30)/t14-,15-,16+,17+,18-,21+,23-/m0/s1. The van der Waals surface area contributed by atoms with Gasteiger partial charge in [0.05, 0.1) is 11.7 Å². The van der Waals surface area contributed by atoms with Gasteiger partial charge in [-0.1, -0.05) is 20.3 Å². The number of hydrogen-bond acceptors (Lipinski definition) is 7. The lowest BCUT2D eigenvalue weighted by atomic mass is 9.43. The van der Waals surface area contributed by atoms with Crippen molar-refractivity contribution >= 4 is 23.3 Å². The molecule has 198 valence electrons. The monoisotopic (exact) mass is 512 g/mol. The molecular formula is C23H41BN4O6S. The number of nitrogens with one attached hydrogen (secondary N) is 1. The van der Waals surface area contributed by atoms with Crippen LogP contribution < -0.4 is 16.2 Å². The average molecular weight is 512 g/mol. The largest absolute Gasteiger partial charge is 0.480 e. The third-order valence-corrected chi connectivity index (χ3v) is 11.9.